The van der Waals surface area contributed by atoms with Gasteiger partial charge in [-0.15, -0.1) is 11.3 Å². The van der Waals surface area contributed by atoms with Gasteiger partial charge in [0.15, 0.2) is 0 Å². The summed E-state index contributed by atoms with van der Waals surface area (Å²) in [6.07, 6.45) is 1.06. The zero-order chi connectivity index (χ0) is 11.5. The van der Waals surface area contributed by atoms with E-state index < -0.39 is 5.54 Å². The Kier molecular flexibility index (Phi) is 3.88. The Hall–Kier alpha value is -0.870. The van der Waals surface area contributed by atoms with Gasteiger partial charge >= 0.3 is 0 Å². The average Bonchev–Trinajstić information content (AvgIpc) is 2.62. The Balaban J connectivity index is 2.53. The highest BCUT2D eigenvalue weighted by Gasteiger charge is 2.23. The van der Waals surface area contributed by atoms with Gasteiger partial charge in [0.2, 0.25) is 5.91 Å². The van der Waals surface area contributed by atoms with Crippen LogP contribution >= 0.6 is 11.3 Å². The molecule has 0 saturated carbocycles. The third kappa shape index (κ3) is 3.32. The van der Waals surface area contributed by atoms with E-state index in [1.54, 1.807) is 25.2 Å². The van der Waals surface area contributed by atoms with Crippen molar-refractivity contribution in [2.45, 2.75) is 39.3 Å². The van der Waals surface area contributed by atoms with E-state index in [0.29, 0.717) is 6.54 Å². The van der Waals surface area contributed by atoms with Gasteiger partial charge in [-0.25, -0.2) is 0 Å². The van der Waals surface area contributed by atoms with Gasteiger partial charge in [-0.2, -0.15) is 0 Å². The zero-order valence-electron chi connectivity index (χ0n) is 9.46. The molecule has 1 amide bonds. The third-order valence-corrected chi connectivity index (χ3v) is 3.62. The number of carbonyl (C=O) groups excluding carboxylic acids is 1. The standard InChI is InChI=1S/C11H18N2OS/c1-4-8-5-6-9(15-8)7-13-11(2,3)10(12)14/h5-6,13H,4,7H2,1-3H3,(H2,12,14). The average molecular weight is 226 g/mol. The van der Waals surface area contributed by atoms with E-state index in [4.69, 9.17) is 5.73 Å². The molecule has 0 aliphatic carbocycles. The summed E-state index contributed by atoms with van der Waals surface area (Å²) in [5.41, 5.74) is 4.63. The molecule has 0 fully saturated rings. The molecule has 15 heavy (non-hydrogen) atoms. The van der Waals surface area contributed by atoms with Gasteiger partial charge in [-0.1, -0.05) is 6.92 Å². The third-order valence-electron chi connectivity index (χ3n) is 2.39. The van der Waals surface area contributed by atoms with Crippen LogP contribution in [0.1, 0.15) is 30.5 Å². The number of nitrogens with one attached hydrogen (secondary N) is 1. The van der Waals surface area contributed by atoms with E-state index in [2.05, 4.69) is 24.4 Å². The van der Waals surface area contributed by atoms with Gasteiger partial charge in [0.25, 0.3) is 0 Å². The molecule has 0 radical (unpaired) electrons. The van der Waals surface area contributed by atoms with Gasteiger partial charge < -0.3 is 5.73 Å². The minimum Gasteiger partial charge on any atom is -0.368 e. The maximum absolute atomic E-state index is 11.1. The summed E-state index contributed by atoms with van der Waals surface area (Å²) in [5.74, 6) is -0.324. The monoisotopic (exact) mass is 226 g/mol. The summed E-state index contributed by atoms with van der Waals surface area (Å²) in [6.45, 7) is 6.42. The first-order chi connectivity index (χ1) is 6.95. The molecule has 1 heterocycles. The number of hydrogen-bond donors (Lipinski definition) is 2. The number of amides is 1. The van der Waals surface area contributed by atoms with Crippen LogP contribution in [-0.4, -0.2) is 11.4 Å². The highest BCUT2D eigenvalue weighted by atomic mass is 32.1. The van der Waals surface area contributed by atoms with Gasteiger partial charge in [-0.3, -0.25) is 10.1 Å². The maximum atomic E-state index is 11.1. The largest absolute Gasteiger partial charge is 0.368 e. The molecule has 3 nitrogen and oxygen atoms in total. The predicted octanol–water partition coefficient (Wildman–Crippen LogP) is 1.66. The van der Waals surface area contributed by atoms with E-state index in [1.165, 1.54) is 9.75 Å². The van der Waals surface area contributed by atoms with Crippen molar-refractivity contribution in [2.24, 2.45) is 5.73 Å². The lowest BCUT2D eigenvalue weighted by Crippen LogP contribution is -2.50. The maximum Gasteiger partial charge on any atom is 0.237 e. The van der Waals surface area contributed by atoms with Crippen molar-refractivity contribution in [1.82, 2.24) is 5.32 Å². The molecule has 3 N–H and O–H groups in total. The zero-order valence-corrected chi connectivity index (χ0v) is 10.3. The quantitative estimate of drug-likeness (QED) is 0.802. The van der Waals surface area contributed by atoms with Gasteiger partial charge in [0.1, 0.15) is 0 Å². The smallest absolute Gasteiger partial charge is 0.237 e. The number of aryl methyl sites for hydroxylation is 1. The fraction of sp³-hybridized carbons (Fsp3) is 0.545. The molecule has 0 aliphatic rings. The molecule has 84 valence electrons. The minimum atomic E-state index is -0.642. The number of thiophene rings is 1. The number of nitrogens with two attached hydrogens (primary N) is 1. The summed E-state index contributed by atoms with van der Waals surface area (Å²) < 4.78 is 0. The molecule has 0 atom stereocenters. The van der Waals surface area contributed by atoms with Crippen molar-refractivity contribution in [3.63, 3.8) is 0 Å². The lowest BCUT2D eigenvalue weighted by molar-refractivity contribution is -0.123. The fourth-order valence-electron chi connectivity index (χ4n) is 1.10. The van der Waals surface area contributed by atoms with E-state index in [1.807, 2.05) is 0 Å². The number of carbonyl (C=O) groups is 1. The van der Waals surface area contributed by atoms with Crippen LogP contribution in [0.25, 0.3) is 0 Å². The first-order valence-corrected chi connectivity index (χ1v) is 5.90. The van der Waals surface area contributed by atoms with Crippen molar-refractivity contribution in [3.05, 3.63) is 21.9 Å². The molecule has 0 bridgehead atoms. The topological polar surface area (TPSA) is 55.1 Å². The molecule has 0 spiro atoms. The lowest BCUT2D eigenvalue weighted by atomic mass is 10.1. The minimum absolute atomic E-state index is 0.324. The van der Waals surface area contributed by atoms with Crippen LogP contribution in [0, 0.1) is 0 Å². The van der Waals surface area contributed by atoms with E-state index >= 15 is 0 Å². The van der Waals surface area contributed by atoms with E-state index in [-0.39, 0.29) is 5.91 Å². The summed E-state index contributed by atoms with van der Waals surface area (Å²) in [4.78, 5) is 13.7. The summed E-state index contributed by atoms with van der Waals surface area (Å²) in [7, 11) is 0. The van der Waals surface area contributed by atoms with Crippen molar-refractivity contribution in [1.29, 1.82) is 0 Å². The SMILES string of the molecule is CCc1ccc(CNC(C)(C)C(N)=O)s1. The molecule has 1 aromatic rings. The van der Waals surface area contributed by atoms with Crippen LogP contribution in [0.2, 0.25) is 0 Å². The van der Waals surface area contributed by atoms with Crippen LogP contribution in [0.4, 0.5) is 0 Å². The van der Waals surface area contributed by atoms with Crippen LogP contribution in [-0.2, 0) is 17.8 Å². The molecule has 0 aromatic carbocycles. The molecule has 1 aromatic heterocycles. The number of primary amides is 1. The summed E-state index contributed by atoms with van der Waals surface area (Å²) >= 11 is 1.77. The van der Waals surface area contributed by atoms with Gasteiger partial charge in [-0.05, 0) is 32.4 Å². The molecule has 1 rings (SSSR count). The van der Waals surface area contributed by atoms with Crippen LogP contribution in [0.15, 0.2) is 12.1 Å². The summed E-state index contributed by atoms with van der Waals surface area (Å²) in [6, 6.07) is 4.21. The second-order valence-corrected chi connectivity index (χ2v) is 5.32. The molecular weight excluding hydrogens is 208 g/mol. The Morgan fingerprint density at radius 3 is 2.53 bits per heavy atom. The Labute approximate surface area is 94.7 Å². The predicted molar refractivity (Wildman–Crippen MR) is 63.8 cm³/mol. The number of rotatable bonds is 5. The first-order valence-electron chi connectivity index (χ1n) is 5.08. The molecule has 0 saturated heterocycles. The normalized spacial score (nSPS) is 11.7. The number of hydrogen-bond acceptors (Lipinski definition) is 3. The second kappa shape index (κ2) is 4.77. The summed E-state index contributed by atoms with van der Waals surface area (Å²) in [5, 5.41) is 3.15. The molecule has 0 aliphatic heterocycles. The Bertz CT molecular complexity index is 344. The Morgan fingerprint density at radius 2 is 2.07 bits per heavy atom. The lowest BCUT2D eigenvalue weighted by Gasteiger charge is -2.21. The fourth-order valence-corrected chi connectivity index (χ4v) is 2.00. The highest BCUT2D eigenvalue weighted by Crippen LogP contribution is 2.17. The first kappa shape index (κ1) is 12.2. The van der Waals surface area contributed by atoms with Crippen molar-refractivity contribution >= 4 is 17.2 Å². The van der Waals surface area contributed by atoms with E-state index in [9.17, 15) is 4.79 Å². The molecule has 4 heteroatoms. The van der Waals surface area contributed by atoms with Crippen LogP contribution in [0.3, 0.4) is 0 Å². The van der Waals surface area contributed by atoms with Gasteiger partial charge in [0, 0.05) is 16.3 Å². The van der Waals surface area contributed by atoms with Crippen LogP contribution < -0.4 is 11.1 Å². The molecule has 0 unspecified atom stereocenters. The van der Waals surface area contributed by atoms with Crippen molar-refractivity contribution < 1.29 is 4.79 Å². The Morgan fingerprint density at radius 1 is 1.47 bits per heavy atom. The van der Waals surface area contributed by atoms with E-state index in [0.717, 1.165) is 6.42 Å². The molecular formula is C11H18N2OS. The highest BCUT2D eigenvalue weighted by molar-refractivity contribution is 7.11. The van der Waals surface area contributed by atoms with Gasteiger partial charge in [0.05, 0.1) is 5.54 Å². The van der Waals surface area contributed by atoms with Crippen LogP contribution in [0.5, 0.6) is 0 Å². The van der Waals surface area contributed by atoms with Crippen molar-refractivity contribution in [3.8, 4) is 0 Å². The second-order valence-electron chi connectivity index (χ2n) is 4.06. The van der Waals surface area contributed by atoms with Crippen molar-refractivity contribution in [2.75, 3.05) is 0 Å².